The van der Waals surface area contributed by atoms with Gasteiger partial charge in [-0.1, -0.05) is 23.7 Å². The fourth-order valence-electron chi connectivity index (χ4n) is 3.28. The van der Waals surface area contributed by atoms with Crippen LogP contribution in [0.15, 0.2) is 54.1 Å². The number of β-amino-alcohol motifs (C(OH)–C–C–N with tert-alkyl or cyclic N) is 1. The number of likely N-dealkylation sites (tertiary alicyclic amines) is 1. The largest absolute Gasteiger partial charge is 0.507 e. The molecule has 0 aliphatic carbocycles. The second kappa shape index (κ2) is 8.04. The lowest BCUT2D eigenvalue weighted by Gasteiger charge is -2.25. The van der Waals surface area contributed by atoms with Crippen molar-refractivity contribution in [2.45, 2.75) is 6.04 Å². The van der Waals surface area contributed by atoms with Gasteiger partial charge in [0, 0.05) is 36.9 Å². The van der Waals surface area contributed by atoms with Crippen molar-refractivity contribution < 1.29 is 19.8 Å². The molecule has 0 radical (unpaired) electrons. The van der Waals surface area contributed by atoms with E-state index in [2.05, 4.69) is 0 Å². The molecule has 1 saturated heterocycles. The molecule has 28 heavy (non-hydrogen) atoms. The average molecular weight is 401 g/mol. The molecule has 2 N–H and O–H groups in total. The number of rotatable bonds is 5. The maximum atomic E-state index is 12.7. The number of carbonyl (C=O) groups is 2. The first-order valence-electron chi connectivity index (χ1n) is 8.77. The van der Waals surface area contributed by atoms with Crippen molar-refractivity contribution in [1.82, 2.24) is 4.90 Å². The first kappa shape index (κ1) is 19.9. The van der Waals surface area contributed by atoms with Crippen LogP contribution in [0.25, 0.3) is 5.76 Å². The van der Waals surface area contributed by atoms with Crippen LogP contribution in [0, 0.1) is 0 Å². The van der Waals surface area contributed by atoms with E-state index in [0.717, 1.165) is 5.69 Å². The summed E-state index contributed by atoms with van der Waals surface area (Å²) in [5, 5.41) is 20.7. The molecule has 7 heteroatoms. The maximum Gasteiger partial charge on any atom is 0.295 e. The summed E-state index contributed by atoms with van der Waals surface area (Å²) in [6, 6.07) is 13.0. The third-order valence-electron chi connectivity index (χ3n) is 4.72. The molecule has 0 saturated carbocycles. The summed E-state index contributed by atoms with van der Waals surface area (Å²) in [6.45, 7) is -0.303. The summed E-state index contributed by atoms with van der Waals surface area (Å²) in [6.07, 6.45) is 0. The third-order valence-corrected chi connectivity index (χ3v) is 4.98. The smallest absolute Gasteiger partial charge is 0.295 e. The number of aliphatic hydroxyl groups is 2. The molecule has 1 atom stereocenters. The fourth-order valence-corrected chi connectivity index (χ4v) is 3.41. The van der Waals surface area contributed by atoms with E-state index in [-0.39, 0.29) is 24.5 Å². The van der Waals surface area contributed by atoms with Crippen molar-refractivity contribution in [3.8, 4) is 0 Å². The van der Waals surface area contributed by atoms with Crippen LogP contribution >= 0.6 is 11.6 Å². The van der Waals surface area contributed by atoms with Gasteiger partial charge in [0.2, 0.25) is 0 Å². The highest BCUT2D eigenvalue weighted by molar-refractivity contribution is 6.46. The molecular weight excluding hydrogens is 380 g/mol. The summed E-state index contributed by atoms with van der Waals surface area (Å²) in [5.41, 5.74) is 2.02. The van der Waals surface area contributed by atoms with E-state index in [1.807, 2.05) is 43.3 Å². The Morgan fingerprint density at radius 3 is 2.21 bits per heavy atom. The van der Waals surface area contributed by atoms with Gasteiger partial charge in [0.05, 0.1) is 18.2 Å². The Kier molecular flexibility index (Phi) is 5.72. The number of halogens is 1. The van der Waals surface area contributed by atoms with Crippen LogP contribution in [0.1, 0.15) is 17.2 Å². The normalized spacial score (nSPS) is 18.6. The zero-order chi connectivity index (χ0) is 20.4. The molecule has 1 unspecified atom stereocenters. The number of Topliss-reactive ketones (excluding diaryl/α,β-unsaturated/α-hetero) is 1. The Labute approximate surface area is 168 Å². The lowest BCUT2D eigenvalue weighted by Crippen LogP contribution is -2.32. The van der Waals surface area contributed by atoms with Crippen LogP contribution in [0.3, 0.4) is 0 Å². The van der Waals surface area contributed by atoms with Crippen LogP contribution < -0.4 is 4.90 Å². The molecule has 1 heterocycles. The molecule has 2 aromatic carbocycles. The van der Waals surface area contributed by atoms with Crippen molar-refractivity contribution in [2.75, 3.05) is 32.1 Å². The van der Waals surface area contributed by atoms with Crippen molar-refractivity contribution in [2.24, 2.45) is 0 Å². The van der Waals surface area contributed by atoms with E-state index >= 15 is 0 Å². The monoisotopic (exact) mass is 400 g/mol. The molecule has 6 nitrogen and oxygen atoms in total. The minimum absolute atomic E-state index is 0.00150. The minimum Gasteiger partial charge on any atom is -0.507 e. The summed E-state index contributed by atoms with van der Waals surface area (Å²) in [7, 11) is 3.82. The van der Waals surface area contributed by atoms with Crippen LogP contribution in [0.5, 0.6) is 0 Å². The number of aliphatic hydroxyl groups excluding tert-OH is 2. The lowest BCUT2D eigenvalue weighted by atomic mass is 9.95. The Bertz CT molecular complexity index is 920. The second-order valence-electron chi connectivity index (χ2n) is 6.71. The van der Waals surface area contributed by atoms with Gasteiger partial charge in [0.25, 0.3) is 11.7 Å². The topological polar surface area (TPSA) is 81.1 Å². The standard InChI is InChI=1S/C21H21ClN2O4/c1-23(2)16-9-5-13(6-10-16)18-17(20(27)21(28)24(18)11-12-25)19(26)14-3-7-15(22)8-4-14/h3-10,18,25-26H,11-12H2,1-2H3. The van der Waals surface area contributed by atoms with E-state index in [1.165, 1.54) is 4.90 Å². The Balaban J connectivity index is 2.14. The van der Waals surface area contributed by atoms with Crippen LogP contribution in [-0.2, 0) is 9.59 Å². The van der Waals surface area contributed by atoms with Crippen LogP contribution in [-0.4, -0.2) is 54.1 Å². The van der Waals surface area contributed by atoms with E-state index in [9.17, 15) is 19.8 Å². The number of ketones is 1. The molecule has 1 aliphatic rings. The highest BCUT2D eigenvalue weighted by Crippen LogP contribution is 2.39. The zero-order valence-electron chi connectivity index (χ0n) is 15.6. The van der Waals surface area contributed by atoms with Crippen molar-refractivity contribution in [3.05, 3.63) is 70.3 Å². The van der Waals surface area contributed by atoms with Gasteiger partial charge in [0.15, 0.2) is 0 Å². The zero-order valence-corrected chi connectivity index (χ0v) is 16.3. The molecule has 146 valence electrons. The van der Waals surface area contributed by atoms with E-state index in [1.54, 1.807) is 24.3 Å². The molecular formula is C21H21ClN2O4. The molecule has 0 bridgehead atoms. The van der Waals surface area contributed by atoms with Gasteiger partial charge in [0.1, 0.15) is 5.76 Å². The van der Waals surface area contributed by atoms with Gasteiger partial charge in [-0.3, -0.25) is 9.59 Å². The number of hydrogen-bond donors (Lipinski definition) is 2. The summed E-state index contributed by atoms with van der Waals surface area (Å²) < 4.78 is 0. The number of hydrogen-bond acceptors (Lipinski definition) is 5. The first-order valence-corrected chi connectivity index (χ1v) is 9.15. The van der Waals surface area contributed by atoms with Crippen LogP contribution in [0.2, 0.25) is 5.02 Å². The number of benzene rings is 2. The highest BCUT2D eigenvalue weighted by Gasteiger charge is 2.45. The molecule has 0 spiro atoms. The van der Waals surface area contributed by atoms with E-state index in [4.69, 9.17) is 11.6 Å². The Hall–Kier alpha value is -2.83. The molecule has 0 aromatic heterocycles. The third kappa shape index (κ3) is 3.61. The van der Waals surface area contributed by atoms with Crippen LogP contribution in [0.4, 0.5) is 5.69 Å². The fraction of sp³-hybridized carbons (Fsp3) is 0.238. The van der Waals surface area contributed by atoms with Crippen molar-refractivity contribution >= 4 is 34.7 Å². The second-order valence-corrected chi connectivity index (χ2v) is 7.15. The predicted octanol–water partition coefficient (Wildman–Crippen LogP) is 2.82. The minimum atomic E-state index is -0.779. The number of amides is 1. The number of nitrogens with zero attached hydrogens (tertiary/aromatic N) is 2. The molecule has 1 amide bonds. The molecule has 2 aromatic rings. The van der Waals surface area contributed by atoms with Gasteiger partial charge in [-0.05, 0) is 42.0 Å². The number of carbonyl (C=O) groups excluding carboxylic acids is 2. The summed E-state index contributed by atoms with van der Waals surface area (Å²) in [5.74, 6) is -1.79. The summed E-state index contributed by atoms with van der Waals surface area (Å²) in [4.78, 5) is 28.5. The van der Waals surface area contributed by atoms with E-state index in [0.29, 0.717) is 16.1 Å². The van der Waals surface area contributed by atoms with Gasteiger partial charge < -0.3 is 20.0 Å². The van der Waals surface area contributed by atoms with Gasteiger partial charge in [-0.25, -0.2) is 0 Å². The number of anilines is 1. The Morgan fingerprint density at radius 2 is 1.68 bits per heavy atom. The van der Waals surface area contributed by atoms with Gasteiger partial charge in [-0.2, -0.15) is 0 Å². The molecule has 1 fully saturated rings. The van der Waals surface area contributed by atoms with Crippen molar-refractivity contribution in [1.29, 1.82) is 0 Å². The maximum absolute atomic E-state index is 12.7. The van der Waals surface area contributed by atoms with Crippen molar-refractivity contribution in [3.63, 3.8) is 0 Å². The van der Waals surface area contributed by atoms with Gasteiger partial charge in [-0.15, -0.1) is 0 Å². The highest BCUT2D eigenvalue weighted by atomic mass is 35.5. The molecule has 1 aliphatic heterocycles. The SMILES string of the molecule is CN(C)c1ccc(C2C(=C(O)c3ccc(Cl)cc3)C(=O)C(=O)N2CCO)cc1. The first-order chi connectivity index (χ1) is 13.3. The summed E-state index contributed by atoms with van der Waals surface area (Å²) >= 11 is 5.90. The Morgan fingerprint density at radius 1 is 1.07 bits per heavy atom. The van der Waals surface area contributed by atoms with Gasteiger partial charge >= 0.3 is 0 Å². The van der Waals surface area contributed by atoms with E-state index < -0.39 is 17.7 Å². The average Bonchev–Trinajstić information content (AvgIpc) is 2.93. The molecule has 3 rings (SSSR count). The quantitative estimate of drug-likeness (QED) is 0.458. The predicted molar refractivity (Wildman–Crippen MR) is 108 cm³/mol. The lowest BCUT2D eigenvalue weighted by molar-refractivity contribution is -0.140.